The number of hydrogen-bond acceptors (Lipinski definition) is 6. The molecular weight excluding hydrogens is 278 g/mol. The first-order valence-electron chi connectivity index (χ1n) is 8.52. The average Bonchev–Trinajstić information content (AvgIpc) is 3.40. The number of morpholine rings is 1. The number of nitrogens with two attached hydrogens (primary N) is 1. The van der Waals surface area contributed by atoms with Crippen LogP contribution in [0.5, 0.6) is 0 Å². The van der Waals surface area contributed by atoms with Crippen LogP contribution in [0.2, 0.25) is 0 Å². The summed E-state index contributed by atoms with van der Waals surface area (Å²) in [4.78, 5) is 12.2. The summed E-state index contributed by atoms with van der Waals surface area (Å²) in [6, 6.07) is 0. The summed E-state index contributed by atoms with van der Waals surface area (Å²) in [5.74, 6) is 2.80. The van der Waals surface area contributed by atoms with Crippen molar-refractivity contribution in [3.05, 3.63) is 17.1 Å². The van der Waals surface area contributed by atoms with E-state index in [2.05, 4.69) is 10.2 Å². The number of anilines is 1. The molecule has 3 N–H and O–H groups in total. The van der Waals surface area contributed by atoms with Crippen LogP contribution in [-0.4, -0.2) is 55.4 Å². The molecule has 3 aliphatic rings. The van der Waals surface area contributed by atoms with E-state index >= 15 is 0 Å². The van der Waals surface area contributed by atoms with E-state index in [4.69, 9.17) is 20.4 Å². The Morgan fingerprint density at radius 3 is 2.91 bits per heavy atom. The van der Waals surface area contributed by atoms with Crippen LogP contribution in [-0.2, 0) is 17.6 Å². The summed E-state index contributed by atoms with van der Waals surface area (Å²) in [6.45, 7) is 5.08. The van der Waals surface area contributed by atoms with Gasteiger partial charge in [-0.3, -0.25) is 0 Å². The van der Waals surface area contributed by atoms with Gasteiger partial charge >= 0.3 is 0 Å². The molecule has 4 rings (SSSR count). The van der Waals surface area contributed by atoms with E-state index in [-0.39, 0.29) is 6.10 Å². The van der Waals surface area contributed by atoms with Crippen LogP contribution >= 0.6 is 0 Å². The van der Waals surface area contributed by atoms with Gasteiger partial charge in [0.2, 0.25) is 0 Å². The van der Waals surface area contributed by atoms with E-state index in [0.29, 0.717) is 12.5 Å². The van der Waals surface area contributed by atoms with Crippen LogP contribution < -0.4 is 16.0 Å². The number of ether oxygens (including phenoxy) is 1. The summed E-state index contributed by atoms with van der Waals surface area (Å²) in [7, 11) is 0. The topological polar surface area (TPSA) is 76.3 Å². The van der Waals surface area contributed by atoms with Crippen LogP contribution in [0.1, 0.15) is 35.8 Å². The van der Waals surface area contributed by atoms with Gasteiger partial charge in [0.05, 0.1) is 18.4 Å². The summed E-state index contributed by atoms with van der Waals surface area (Å²) in [5.41, 5.74) is 8.40. The quantitative estimate of drug-likeness (QED) is 0.831. The zero-order chi connectivity index (χ0) is 14.9. The third kappa shape index (κ3) is 2.83. The maximum Gasteiger partial charge on any atom is 0.136 e. The number of hydrogen-bond donors (Lipinski definition) is 2. The van der Waals surface area contributed by atoms with E-state index in [1.807, 2.05) is 0 Å². The zero-order valence-electron chi connectivity index (χ0n) is 13.1. The second-order valence-corrected chi connectivity index (χ2v) is 6.53. The minimum atomic E-state index is 0.118. The van der Waals surface area contributed by atoms with Crippen molar-refractivity contribution in [2.24, 2.45) is 5.73 Å². The van der Waals surface area contributed by atoms with Crippen LogP contribution in [0.4, 0.5) is 5.82 Å². The van der Waals surface area contributed by atoms with Crippen molar-refractivity contribution >= 4 is 5.82 Å². The Morgan fingerprint density at radius 2 is 2.09 bits per heavy atom. The van der Waals surface area contributed by atoms with Gasteiger partial charge in [-0.25, -0.2) is 9.97 Å². The van der Waals surface area contributed by atoms with Crippen molar-refractivity contribution in [2.75, 3.05) is 44.2 Å². The van der Waals surface area contributed by atoms with E-state index in [9.17, 15) is 0 Å². The van der Waals surface area contributed by atoms with Crippen molar-refractivity contribution in [1.82, 2.24) is 15.3 Å². The molecule has 0 amide bonds. The van der Waals surface area contributed by atoms with E-state index in [1.165, 1.54) is 24.1 Å². The molecule has 6 nitrogen and oxygen atoms in total. The second kappa shape index (κ2) is 6.10. The molecule has 1 saturated heterocycles. The molecule has 2 fully saturated rings. The fraction of sp³-hybridized carbons (Fsp3) is 0.750. The van der Waals surface area contributed by atoms with Crippen molar-refractivity contribution in [2.45, 2.75) is 37.7 Å². The smallest absolute Gasteiger partial charge is 0.136 e. The number of rotatable bonds is 3. The van der Waals surface area contributed by atoms with Gasteiger partial charge < -0.3 is 20.7 Å². The molecule has 0 bridgehead atoms. The molecule has 1 aliphatic carbocycles. The van der Waals surface area contributed by atoms with Gasteiger partial charge in [-0.05, 0) is 25.8 Å². The average molecular weight is 303 g/mol. The highest BCUT2D eigenvalue weighted by Crippen LogP contribution is 2.39. The van der Waals surface area contributed by atoms with Crippen molar-refractivity contribution < 1.29 is 4.74 Å². The summed E-state index contributed by atoms with van der Waals surface area (Å²) < 4.78 is 5.72. The molecule has 22 heavy (non-hydrogen) atoms. The molecule has 1 atom stereocenters. The predicted octanol–water partition coefficient (Wildman–Crippen LogP) is 0.206. The van der Waals surface area contributed by atoms with Crippen molar-refractivity contribution in [3.8, 4) is 0 Å². The highest BCUT2D eigenvalue weighted by molar-refractivity contribution is 5.51. The van der Waals surface area contributed by atoms with Gasteiger partial charge in [0.1, 0.15) is 11.6 Å². The fourth-order valence-electron chi connectivity index (χ4n) is 3.38. The second-order valence-electron chi connectivity index (χ2n) is 6.53. The van der Waals surface area contributed by atoms with Gasteiger partial charge in [-0.2, -0.15) is 0 Å². The Bertz CT molecular complexity index is 546. The molecule has 1 aromatic rings. The highest BCUT2D eigenvalue weighted by atomic mass is 16.5. The first kappa shape index (κ1) is 14.4. The zero-order valence-corrected chi connectivity index (χ0v) is 13.1. The predicted molar refractivity (Wildman–Crippen MR) is 85.3 cm³/mol. The Morgan fingerprint density at radius 1 is 1.23 bits per heavy atom. The maximum atomic E-state index is 5.80. The summed E-state index contributed by atoms with van der Waals surface area (Å²) in [6.07, 6.45) is 4.62. The molecule has 0 aromatic carbocycles. The lowest BCUT2D eigenvalue weighted by atomic mass is 10.1. The normalized spacial score (nSPS) is 25.7. The Balaban J connectivity index is 1.70. The van der Waals surface area contributed by atoms with Crippen molar-refractivity contribution in [1.29, 1.82) is 0 Å². The molecule has 120 valence electrons. The molecule has 1 aromatic heterocycles. The lowest BCUT2D eigenvalue weighted by Gasteiger charge is -2.34. The number of aromatic nitrogens is 2. The molecule has 1 saturated carbocycles. The van der Waals surface area contributed by atoms with E-state index < -0.39 is 0 Å². The minimum Gasteiger partial charge on any atom is -0.373 e. The molecule has 2 aliphatic heterocycles. The molecule has 3 heterocycles. The first-order chi connectivity index (χ1) is 10.8. The summed E-state index contributed by atoms with van der Waals surface area (Å²) in [5, 5.41) is 3.48. The number of nitrogens with one attached hydrogen (secondary N) is 1. The van der Waals surface area contributed by atoms with Gasteiger partial charge in [0.15, 0.2) is 0 Å². The van der Waals surface area contributed by atoms with E-state index in [0.717, 1.165) is 57.3 Å². The van der Waals surface area contributed by atoms with Crippen LogP contribution in [0, 0.1) is 0 Å². The monoisotopic (exact) mass is 303 g/mol. The van der Waals surface area contributed by atoms with E-state index in [1.54, 1.807) is 0 Å². The Kier molecular flexibility index (Phi) is 3.98. The third-order valence-electron chi connectivity index (χ3n) is 4.82. The standard InChI is InChI=1S/C16H25N5O/c17-9-12-10-21(7-8-22-12)16-13-3-5-18-6-4-14(13)19-15(20-16)11-1-2-11/h11-12,18H,1-10,17H2/t12-/m1/s1. The Labute approximate surface area is 131 Å². The number of fused-ring (bicyclic) bond motifs is 1. The molecule has 6 heteroatoms. The van der Waals surface area contributed by atoms with Gasteiger partial charge in [0.25, 0.3) is 0 Å². The molecule has 0 spiro atoms. The lowest BCUT2D eigenvalue weighted by Crippen LogP contribution is -2.46. The van der Waals surface area contributed by atoms with Gasteiger partial charge in [-0.15, -0.1) is 0 Å². The van der Waals surface area contributed by atoms with Crippen LogP contribution in [0.3, 0.4) is 0 Å². The molecular formula is C16H25N5O. The minimum absolute atomic E-state index is 0.118. The van der Waals surface area contributed by atoms with Gasteiger partial charge in [0, 0.05) is 44.1 Å². The van der Waals surface area contributed by atoms with Crippen LogP contribution in [0.25, 0.3) is 0 Å². The van der Waals surface area contributed by atoms with Crippen molar-refractivity contribution in [3.63, 3.8) is 0 Å². The SMILES string of the molecule is NC[C@@H]1CN(c2nc(C3CC3)nc3c2CCNCC3)CCO1. The fourth-order valence-corrected chi connectivity index (χ4v) is 3.38. The molecule has 0 unspecified atom stereocenters. The first-order valence-corrected chi connectivity index (χ1v) is 8.52. The van der Waals surface area contributed by atoms with Crippen LogP contribution in [0.15, 0.2) is 0 Å². The van der Waals surface area contributed by atoms with Gasteiger partial charge in [-0.1, -0.05) is 0 Å². The highest BCUT2D eigenvalue weighted by Gasteiger charge is 2.31. The number of nitrogens with zero attached hydrogens (tertiary/aromatic N) is 3. The lowest BCUT2D eigenvalue weighted by molar-refractivity contribution is 0.0462. The Hall–Kier alpha value is -1.24. The molecule has 0 radical (unpaired) electrons. The largest absolute Gasteiger partial charge is 0.373 e. The maximum absolute atomic E-state index is 5.80. The summed E-state index contributed by atoms with van der Waals surface area (Å²) >= 11 is 0. The third-order valence-corrected chi connectivity index (χ3v) is 4.82.